The third-order valence-corrected chi connectivity index (χ3v) is 4.38. The van der Waals surface area contributed by atoms with Crippen molar-refractivity contribution in [1.82, 2.24) is 24.9 Å². The third kappa shape index (κ3) is 4.51. The second kappa shape index (κ2) is 8.47. The van der Waals surface area contributed by atoms with Gasteiger partial charge in [-0.2, -0.15) is 5.10 Å². The molecule has 6 nitrogen and oxygen atoms in total. The van der Waals surface area contributed by atoms with Crippen LogP contribution in [0.25, 0.3) is 11.5 Å². The lowest BCUT2D eigenvalue weighted by Crippen LogP contribution is -2.24. The minimum atomic E-state index is 0.359. The SMILES string of the molecule is CCCN(Cc1ccn(C(C)C)n1)Cc1nnc(-c2ccccc2Cl)o1. The Balaban J connectivity index is 1.71. The van der Waals surface area contributed by atoms with Gasteiger partial charge in [0.2, 0.25) is 11.8 Å². The van der Waals surface area contributed by atoms with E-state index in [2.05, 4.69) is 47.0 Å². The third-order valence-electron chi connectivity index (χ3n) is 4.05. The molecule has 2 heterocycles. The molecule has 0 spiro atoms. The zero-order chi connectivity index (χ0) is 18.5. The molecule has 2 aromatic heterocycles. The van der Waals surface area contributed by atoms with Crippen molar-refractivity contribution >= 4 is 11.6 Å². The van der Waals surface area contributed by atoms with Crippen molar-refractivity contribution in [2.75, 3.05) is 6.54 Å². The summed E-state index contributed by atoms with van der Waals surface area (Å²) in [6.07, 6.45) is 3.06. The number of nitrogens with zero attached hydrogens (tertiary/aromatic N) is 5. The number of rotatable bonds is 8. The quantitative estimate of drug-likeness (QED) is 0.578. The summed E-state index contributed by atoms with van der Waals surface area (Å²) in [4.78, 5) is 2.26. The summed E-state index contributed by atoms with van der Waals surface area (Å²) in [5.41, 5.74) is 1.80. The van der Waals surface area contributed by atoms with E-state index in [1.165, 1.54) is 0 Å². The Labute approximate surface area is 158 Å². The van der Waals surface area contributed by atoms with Gasteiger partial charge in [-0.3, -0.25) is 9.58 Å². The monoisotopic (exact) mass is 373 g/mol. The van der Waals surface area contributed by atoms with Gasteiger partial charge in [-0.25, -0.2) is 0 Å². The average Bonchev–Trinajstić information content (AvgIpc) is 3.25. The lowest BCUT2D eigenvalue weighted by atomic mass is 10.2. The largest absolute Gasteiger partial charge is 0.419 e. The summed E-state index contributed by atoms with van der Waals surface area (Å²) in [5.74, 6) is 1.03. The fourth-order valence-corrected chi connectivity index (χ4v) is 2.98. The van der Waals surface area contributed by atoms with Crippen molar-refractivity contribution in [3.63, 3.8) is 0 Å². The number of halogens is 1. The Morgan fingerprint density at radius 1 is 1.15 bits per heavy atom. The molecule has 0 atom stereocenters. The Hall–Kier alpha value is -2.18. The van der Waals surface area contributed by atoms with Gasteiger partial charge in [0, 0.05) is 18.8 Å². The van der Waals surface area contributed by atoms with E-state index in [4.69, 9.17) is 16.0 Å². The molecule has 3 aromatic rings. The van der Waals surface area contributed by atoms with Crippen LogP contribution in [0, 0.1) is 0 Å². The van der Waals surface area contributed by atoms with Gasteiger partial charge in [-0.15, -0.1) is 10.2 Å². The molecular formula is C19H24ClN5O. The molecule has 0 bridgehead atoms. The first-order valence-electron chi connectivity index (χ1n) is 8.90. The van der Waals surface area contributed by atoms with Gasteiger partial charge in [0.25, 0.3) is 0 Å². The van der Waals surface area contributed by atoms with Gasteiger partial charge in [-0.05, 0) is 45.0 Å². The van der Waals surface area contributed by atoms with Crippen molar-refractivity contribution < 1.29 is 4.42 Å². The van der Waals surface area contributed by atoms with Crippen molar-refractivity contribution in [3.8, 4) is 11.5 Å². The molecule has 7 heteroatoms. The van der Waals surface area contributed by atoms with E-state index in [-0.39, 0.29) is 0 Å². The van der Waals surface area contributed by atoms with Gasteiger partial charge in [-0.1, -0.05) is 30.7 Å². The Morgan fingerprint density at radius 3 is 2.65 bits per heavy atom. The van der Waals surface area contributed by atoms with E-state index in [1.807, 2.05) is 35.1 Å². The van der Waals surface area contributed by atoms with Crippen LogP contribution in [0.1, 0.15) is 44.8 Å². The minimum absolute atomic E-state index is 0.359. The second-order valence-electron chi connectivity index (χ2n) is 6.57. The zero-order valence-electron chi connectivity index (χ0n) is 15.4. The molecule has 0 aliphatic heterocycles. The number of benzene rings is 1. The van der Waals surface area contributed by atoms with E-state index in [0.717, 1.165) is 30.8 Å². The van der Waals surface area contributed by atoms with Crippen LogP contribution in [0.15, 0.2) is 40.9 Å². The van der Waals surface area contributed by atoms with Gasteiger partial charge in [0.15, 0.2) is 0 Å². The van der Waals surface area contributed by atoms with E-state index in [0.29, 0.717) is 29.4 Å². The smallest absolute Gasteiger partial charge is 0.249 e. The molecule has 0 aliphatic carbocycles. The number of hydrogen-bond donors (Lipinski definition) is 0. The molecule has 0 amide bonds. The first kappa shape index (κ1) is 18.6. The van der Waals surface area contributed by atoms with E-state index in [1.54, 1.807) is 0 Å². The molecule has 0 aliphatic rings. The maximum atomic E-state index is 6.21. The highest BCUT2D eigenvalue weighted by atomic mass is 35.5. The molecule has 3 rings (SSSR count). The summed E-state index contributed by atoms with van der Waals surface area (Å²) in [5, 5.41) is 13.6. The number of hydrogen-bond acceptors (Lipinski definition) is 5. The first-order chi connectivity index (χ1) is 12.6. The fraction of sp³-hybridized carbons (Fsp3) is 0.421. The minimum Gasteiger partial charge on any atom is -0.419 e. The lowest BCUT2D eigenvalue weighted by Gasteiger charge is -2.18. The van der Waals surface area contributed by atoms with Crippen LogP contribution in [-0.2, 0) is 13.1 Å². The molecule has 0 unspecified atom stereocenters. The maximum absolute atomic E-state index is 6.21. The van der Waals surface area contributed by atoms with Crippen LogP contribution < -0.4 is 0 Å². The number of aromatic nitrogens is 4. The van der Waals surface area contributed by atoms with Crippen molar-refractivity contribution in [1.29, 1.82) is 0 Å². The standard InChI is InChI=1S/C19H24ClN5O/c1-4-10-24(12-15-9-11-25(23-15)14(2)3)13-18-21-22-19(26-18)16-7-5-6-8-17(16)20/h5-9,11,14H,4,10,12-13H2,1-3H3. The van der Waals surface area contributed by atoms with Crippen molar-refractivity contribution in [3.05, 3.63) is 53.1 Å². The van der Waals surface area contributed by atoms with Gasteiger partial charge in [0.05, 0.1) is 22.8 Å². The van der Waals surface area contributed by atoms with Crippen molar-refractivity contribution in [2.45, 2.75) is 46.3 Å². The maximum Gasteiger partial charge on any atom is 0.249 e. The van der Waals surface area contributed by atoms with Crippen molar-refractivity contribution in [2.24, 2.45) is 0 Å². The lowest BCUT2D eigenvalue weighted by molar-refractivity contribution is 0.228. The molecule has 0 saturated heterocycles. The van der Waals surface area contributed by atoms with Crippen LogP contribution in [0.2, 0.25) is 5.02 Å². The normalized spacial score (nSPS) is 11.6. The van der Waals surface area contributed by atoms with Crippen LogP contribution >= 0.6 is 11.6 Å². The highest BCUT2D eigenvalue weighted by molar-refractivity contribution is 6.33. The first-order valence-corrected chi connectivity index (χ1v) is 9.28. The van der Waals surface area contributed by atoms with Crippen LogP contribution in [0.3, 0.4) is 0 Å². The van der Waals surface area contributed by atoms with Gasteiger partial charge < -0.3 is 4.42 Å². The molecule has 0 saturated carbocycles. The zero-order valence-corrected chi connectivity index (χ0v) is 16.1. The second-order valence-corrected chi connectivity index (χ2v) is 6.98. The molecule has 0 N–H and O–H groups in total. The molecule has 0 radical (unpaired) electrons. The van der Waals surface area contributed by atoms with Crippen LogP contribution in [-0.4, -0.2) is 31.4 Å². The predicted molar refractivity (Wildman–Crippen MR) is 102 cm³/mol. The van der Waals surface area contributed by atoms with Crippen LogP contribution in [0.5, 0.6) is 0 Å². The molecular weight excluding hydrogens is 350 g/mol. The Morgan fingerprint density at radius 2 is 1.96 bits per heavy atom. The van der Waals surface area contributed by atoms with Gasteiger partial charge >= 0.3 is 0 Å². The molecule has 0 fully saturated rings. The summed E-state index contributed by atoms with van der Waals surface area (Å²) >= 11 is 6.21. The summed E-state index contributed by atoms with van der Waals surface area (Å²) in [6, 6.07) is 9.89. The molecule has 138 valence electrons. The summed E-state index contributed by atoms with van der Waals surface area (Å²) in [7, 11) is 0. The molecule has 1 aromatic carbocycles. The summed E-state index contributed by atoms with van der Waals surface area (Å²) in [6.45, 7) is 8.66. The topological polar surface area (TPSA) is 60.0 Å². The average molecular weight is 374 g/mol. The Kier molecular flexibility index (Phi) is 6.06. The van der Waals surface area contributed by atoms with E-state index >= 15 is 0 Å². The predicted octanol–water partition coefficient (Wildman–Crippen LogP) is 4.58. The highest BCUT2D eigenvalue weighted by Crippen LogP contribution is 2.26. The summed E-state index contributed by atoms with van der Waals surface area (Å²) < 4.78 is 7.81. The highest BCUT2D eigenvalue weighted by Gasteiger charge is 2.15. The fourth-order valence-electron chi connectivity index (χ4n) is 2.76. The van der Waals surface area contributed by atoms with Crippen LogP contribution in [0.4, 0.5) is 0 Å². The Bertz CT molecular complexity index is 842. The molecule has 26 heavy (non-hydrogen) atoms. The van der Waals surface area contributed by atoms with E-state index < -0.39 is 0 Å². The van der Waals surface area contributed by atoms with E-state index in [9.17, 15) is 0 Å². The van der Waals surface area contributed by atoms with Gasteiger partial charge in [0.1, 0.15) is 0 Å².